The number of allylic oxidation sites excluding steroid dienone is 23. The summed E-state index contributed by atoms with van der Waals surface area (Å²) in [4.78, 5) is 23.0. The number of hydrogen-bond donors (Lipinski definition) is 3. The summed E-state index contributed by atoms with van der Waals surface area (Å²) in [5.74, 6) is -0.208. The van der Waals surface area contributed by atoms with Crippen LogP contribution in [0.15, 0.2) is 146 Å². The average molecular weight is 962 g/mol. The van der Waals surface area contributed by atoms with E-state index in [4.69, 9.17) is 9.05 Å². The molecule has 0 aromatic heterocycles. The van der Waals surface area contributed by atoms with Gasteiger partial charge in [0.2, 0.25) is 5.91 Å². The minimum absolute atomic E-state index is 0.0488. The highest BCUT2D eigenvalue weighted by Crippen LogP contribution is 2.43. The zero-order valence-electron chi connectivity index (χ0n) is 43.5. The van der Waals surface area contributed by atoms with Crippen LogP contribution in [0, 0.1) is 0 Å². The van der Waals surface area contributed by atoms with Crippen molar-refractivity contribution in [3.63, 3.8) is 0 Å². The Morgan fingerprint density at radius 2 is 0.882 bits per heavy atom. The zero-order chi connectivity index (χ0) is 49.9. The van der Waals surface area contributed by atoms with Gasteiger partial charge in [-0.3, -0.25) is 13.8 Å². The number of rotatable bonds is 45. The minimum atomic E-state index is -4.35. The molecule has 68 heavy (non-hydrogen) atoms. The quantitative estimate of drug-likeness (QED) is 0.0243. The number of phosphoric ester groups is 1. The van der Waals surface area contributed by atoms with Crippen LogP contribution in [0.3, 0.4) is 0 Å². The van der Waals surface area contributed by atoms with Crippen LogP contribution in [0.1, 0.15) is 168 Å². The third kappa shape index (κ3) is 50.3. The third-order valence-corrected chi connectivity index (χ3v) is 11.5. The molecule has 0 aliphatic rings. The van der Waals surface area contributed by atoms with Gasteiger partial charge in [0, 0.05) is 6.42 Å². The van der Waals surface area contributed by atoms with E-state index in [0.717, 1.165) is 128 Å². The number of phosphoric acid groups is 1. The van der Waals surface area contributed by atoms with Crippen molar-refractivity contribution in [1.82, 2.24) is 5.32 Å². The van der Waals surface area contributed by atoms with Crippen LogP contribution in [0.5, 0.6) is 0 Å². The Bertz CT molecular complexity index is 1610. The van der Waals surface area contributed by atoms with E-state index in [1.54, 1.807) is 6.08 Å². The van der Waals surface area contributed by atoms with E-state index in [1.807, 2.05) is 27.2 Å². The lowest BCUT2D eigenvalue weighted by Crippen LogP contribution is -2.45. The molecule has 0 radical (unpaired) electrons. The number of amides is 1. The Morgan fingerprint density at radius 3 is 1.29 bits per heavy atom. The van der Waals surface area contributed by atoms with E-state index < -0.39 is 20.0 Å². The number of nitrogens with one attached hydrogen (secondary N) is 1. The molecule has 0 aromatic rings. The fraction of sp³-hybridized carbons (Fsp3) is 0.576. The predicted octanol–water partition coefficient (Wildman–Crippen LogP) is 15.7. The highest BCUT2D eigenvalue weighted by atomic mass is 31.2. The number of carbonyl (C=O) groups is 1. The van der Waals surface area contributed by atoms with Gasteiger partial charge in [-0.25, -0.2) is 4.57 Å². The molecule has 0 rings (SSSR count). The Hall–Kier alpha value is -3.62. The summed E-state index contributed by atoms with van der Waals surface area (Å²) in [6.07, 6.45) is 75.4. The molecule has 0 spiro atoms. The highest BCUT2D eigenvalue weighted by molar-refractivity contribution is 7.47. The average Bonchev–Trinajstić information content (AvgIpc) is 3.30. The monoisotopic (exact) mass is 962 g/mol. The van der Waals surface area contributed by atoms with Gasteiger partial charge in [-0.15, -0.1) is 0 Å². The second-order valence-electron chi connectivity index (χ2n) is 18.2. The first-order valence-electron chi connectivity index (χ1n) is 26.2. The molecule has 0 saturated heterocycles. The lowest BCUT2D eigenvalue weighted by atomic mass is 10.1. The highest BCUT2D eigenvalue weighted by Gasteiger charge is 2.27. The molecule has 0 heterocycles. The topological polar surface area (TPSA) is 105 Å². The second-order valence-corrected chi connectivity index (χ2v) is 19.6. The normalized spacial score (nSPS) is 15.2. The van der Waals surface area contributed by atoms with E-state index in [1.165, 1.54) is 19.3 Å². The summed E-state index contributed by atoms with van der Waals surface area (Å²) in [6.45, 7) is 4.58. The molecule has 0 aliphatic heterocycles. The van der Waals surface area contributed by atoms with Crippen molar-refractivity contribution in [2.24, 2.45) is 0 Å². The number of nitrogens with zero attached hydrogens (tertiary/aromatic N) is 1. The summed E-state index contributed by atoms with van der Waals surface area (Å²) in [7, 11) is 1.53. The van der Waals surface area contributed by atoms with Gasteiger partial charge in [0.15, 0.2) is 0 Å². The van der Waals surface area contributed by atoms with Crippen molar-refractivity contribution in [2.45, 2.75) is 180 Å². The molecule has 1 amide bonds. The SMILES string of the molecule is CC/C=C\C/C=C\C/C=C\C/C=C\C/C=C\C/C=C\C/C=C\C/C=C\C/C=C\C/C=C\C/C=C\CCCCCCCC(=O)NC(COP(=O)(O)OCC[N+](C)(C)C)C(O)/C=C/CCCCCCC. The number of likely N-dealkylation sites (N-methyl/N-ethyl adjacent to an activating group) is 1. The van der Waals surface area contributed by atoms with Crippen molar-refractivity contribution in [2.75, 3.05) is 40.9 Å². The van der Waals surface area contributed by atoms with Crippen molar-refractivity contribution < 1.29 is 32.9 Å². The number of aliphatic hydroxyl groups is 1. The number of hydrogen-bond acceptors (Lipinski definition) is 5. The number of unbranched alkanes of at least 4 members (excludes halogenated alkanes) is 10. The van der Waals surface area contributed by atoms with E-state index >= 15 is 0 Å². The molecule has 9 heteroatoms. The minimum Gasteiger partial charge on any atom is -0.387 e. The molecular weight excluding hydrogens is 864 g/mol. The van der Waals surface area contributed by atoms with Gasteiger partial charge in [-0.2, -0.15) is 0 Å². The van der Waals surface area contributed by atoms with Crippen LogP contribution in [0.4, 0.5) is 0 Å². The summed E-state index contributed by atoms with van der Waals surface area (Å²) in [5.41, 5.74) is 0. The van der Waals surface area contributed by atoms with Gasteiger partial charge in [0.1, 0.15) is 13.2 Å². The molecule has 8 nitrogen and oxygen atoms in total. The third-order valence-electron chi connectivity index (χ3n) is 10.6. The van der Waals surface area contributed by atoms with E-state index in [9.17, 15) is 19.4 Å². The summed E-state index contributed by atoms with van der Waals surface area (Å²) in [5, 5.41) is 13.7. The van der Waals surface area contributed by atoms with Crippen LogP contribution in [-0.4, -0.2) is 73.4 Å². The number of carbonyl (C=O) groups excluding carboxylic acids is 1. The molecular formula is C59H98N2O6P+. The van der Waals surface area contributed by atoms with Gasteiger partial charge in [0.05, 0.1) is 39.9 Å². The largest absolute Gasteiger partial charge is 0.472 e. The van der Waals surface area contributed by atoms with Gasteiger partial charge in [-0.1, -0.05) is 205 Å². The standard InChI is InChI=1S/C59H97N2O6P/c1-6-8-10-12-14-15-16-17-18-19-20-21-22-23-24-25-26-27-28-29-30-31-32-33-34-35-36-37-38-39-40-41-42-43-44-45-47-49-51-53-59(63)60-57(58(62)52-50-48-46-13-11-9-7-2)56-67-68(64,65)66-55-54-61(3,4)5/h8,10,14-15,17-18,20-21,23-24,26-27,29-30,32-33,35-36,38-39,41-42,50,52,57-58,62H,6-7,9,11-13,16,19,22,25,28,31,34,37,40,43-49,51,53-56H2,1-5H3,(H-,60,63,64,65)/p+1/b10-8-,15-14-,18-17-,21-20-,24-23-,27-26-,30-29-,33-32-,36-35-,39-38-,42-41-,52-50+. The van der Waals surface area contributed by atoms with E-state index in [0.29, 0.717) is 17.4 Å². The zero-order valence-corrected chi connectivity index (χ0v) is 44.4. The number of quaternary nitrogens is 1. The number of aliphatic hydroxyl groups excluding tert-OH is 1. The van der Waals surface area contributed by atoms with Crippen molar-refractivity contribution in [1.29, 1.82) is 0 Å². The molecule has 384 valence electrons. The molecule has 0 saturated carbocycles. The first-order valence-corrected chi connectivity index (χ1v) is 27.7. The van der Waals surface area contributed by atoms with Crippen LogP contribution in [-0.2, 0) is 18.4 Å². The fourth-order valence-electron chi connectivity index (χ4n) is 6.45. The second kappa shape index (κ2) is 48.4. The predicted molar refractivity (Wildman–Crippen MR) is 294 cm³/mol. The Kier molecular flexibility index (Phi) is 45.8. The van der Waals surface area contributed by atoms with Crippen LogP contribution in [0.25, 0.3) is 0 Å². The lowest BCUT2D eigenvalue weighted by Gasteiger charge is -2.25. The molecule has 3 unspecified atom stereocenters. The first kappa shape index (κ1) is 64.4. The van der Waals surface area contributed by atoms with Gasteiger partial charge >= 0.3 is 7.82 Å². The lowest BCUT2D eigenvalue weighted by molar-refractivity contribution is -0.870. The maximum absolute atomic E-state index is 12.8. The Balaban J connectivity index is 4.10. The van der Waals surface area contributed by atoms with Crippen LogP contribution >= 0.6 is 7.82 Å². The van der Waals surface area contributed by atoms with Gasteiger partial charge in [0.25, 0.3) is 0 Å². The van der Waals surface area contributed by atoms with Gasteiger partial charge in [-0.05, 0) is 103 Å². The fourth-order valence-corrected chi connectivity index (χ4v) is 7.19. The molecule has 0 bridgehead atoms. The Labute approximate surface area is 417 Å². The smallest absolute Gasteiger partial charge is 0.387 e. The van der Waals surface area contributed by atoms with Gasteiger partial charge < -0.3 is 19.8 Å². The van der Waals surface area contributed by atoms with Crippen LogP contribution < -0.4 is 5.32 Å². The maximum Gasteiger partial charge on any atom is 0.472 e. The first-order chi connectivity index (χ1) is 33.0. The summed E-state index contributed by atoms with van der Waals surface area (Å²) in [6, 6.07) is -0.864. The van der Waals surface area contributed by atoms with Crippen molar-refractivity contribution in [3.8, 4) is 0 Å². The maximum atomic E-state index is 12.8. The van der Waals surface area contributed by atoms with Crippen molar-refractivity contribution in [3.05, 3.63) is 146 Å². The molecule has 0 fully saturated rings. The molecule has 3 N–H and O–H groups in total. The summed E-state index contributed by atoms with van der Waals surface area (Å²) >= 11 is 0. The van der Waals surface area contributed by atoms with E-state index in [-0.39, 0.29) is 19.1 Å². The molecule has 3 atom stereocenters. The van der Waals surface area contributed by atoms with Crippen molar-refractivity contribution >= 4 is 13.7 Å². The Morgan fingerprint density at radius 1 is 0.515 bits per heavy atom. The molecule has 0 aromatic carbocycles. The van der Waals surface area contributed by atoms with Crippen LogP contribution in [0.2, 0.25) is 0 Å². The molecule has 0 aliphatic carbocycles. The summed E-state index contributed by atoms with van der Waals surface area (Å²) < 4.78 is 23.4. The van der Waals surface area contributed by atoms with E-state index in [2.05, 4.69) is 153 Å².